The second kappa shape index (κ2) is 5.34. The molecule has 2 N–H and O–H groups in total. The van der Waals surface area contributed by atoms with Crippen molar-refractivity contribution in [1.82, 2.24) is 9.55 Å². The molecule has 0 radical (unpaired) electrons. The van der Waals surface area contributed by atoms with Crippen molar-refractivity contribution in [2.24, 2.45) is 5.73 Å². The van der Waals surface area contributed by atoms with Gasteiger partial charge in [0, 0.05) is 19.3 Å². The number of benzene rings is 1. The fourth-order valence-electron chi connectivity index (χ4n) is 2.26. The van der Waals surface area contributed by atoms with E-state index in [9.17, 15) is 4.79 Å². The van der Waals surface area contributed by atoms with E-state index in [2.05, 4.69) is 4.98 Å². The van der Waals surface area contributed by atoms with Crippen LogP contribution >= 0.6 is 0 Å². The first-order valence-corrected chi connectivity index (χ1v) is 6.55. The second-order valence-electron chi connectivity index (χ2n) is 4.56. The number of imidazole rings is 1. The fraction of sp³-hybridized carbons (Fsp3) is 0.286. The summed E-state index contributed by atoms with van der Waals surface area (Å²) in [7, 11) is 0. The minimum Gasteiger partial charge on any atom is -0.490 e. The molecule has 1 amide bonds. The van der Waals surface area contributed by atoms with Crippen molar-refractivity contribution in [2.45, 2.75) is 6.54 Å². The Morgan fingerprint density at radius 2 is 2.25 bits per heavy atom. The summed E-state index contributed by atoms with van der Waals surface area (Å²) in [6.45, 7) is 2.19. The first-order chi connectivity index (χ1) is 9.79. The van der Waals surface area contributed by atoms with E-state index in [0.717, 1.165) is 11.4 Å². The summed E-state index contributed by atoms with van der Waals surface area (Å²) in [6, 6.07) is 7.52. The Labute approximate surface area is 116 Å². The molecule has 20 heavy (non-hydrogen) atoms. The molecule has 1 aromatic heterocycles. The molecule has 6 nitrogen and oxygen atoms in total. The van der Waals surface area contributed by atoms with Crippen LogP contribution in [0, 0.1) is 0 Å². The maximum Gasteiger partial charge on any atom is 0.278 e. The SMILES string of the molecule is NCCn1cnc(C(=O)N2CCOc3ccccc32)c1. The van der Waals surface area contributed by atoms with Crippen LogP contribution in [0.4, 0.5) is 5.69 Å². The number of para-hydroxylation sites is 2. The molecule has 1 aliphatic heterocycles. The Hall–Kier alpha value is -2.34. The van der Waals surface area contributed by atoms with Crippen molar-refractivity contribution in [3.63, 3.8) is 0 Å². The molecule has 0 saturated carbocycles. The summed E-state index contributed by atoms with van der Waals surface area (Å²) in [6.07, 6.45) is 3.36. The number of anilines is 1. The molecular weight excluding hydrogens is 256 g/mol. The van der Waals surface area contributed by atoms with Crippen LogP contribution < -0.4 is 15.4 Å². The van der Waals surface area contributed by atoms with E-state index in [1.54, 1.807) is 17.4 Å². The van der Waals surface area contributed by atoms with E-state index < -0.39 is 0 Å². The highest BCUT2D eigenvalue weighted by atomic mass is 16.5. The average molecular weight is 272 g/mol. The van der Waals surface area contributed by atoms with Gasteiger partial charge in [0.05, 0.1) is 18.6 Å². The van der Waals surface area contributed by atoms with Crippen LogP contribution in [0.3, 0.4) is 0 Å². The molecule has 0 atom stereocenters. The number of nitrogens with zero attached hydrogens (tertiary/aromatic N) is 3. The lowest BCUT2D eigenvalue weighted by molar-refractivity contribution is 0.0972. The smallest absolute Gasteiger partial charge is 0.278 e. The molecule has 0 fully saturated rings. The van der Waals surface area contributed by atoms with Gasteiger partial charge in [-0.1, -0.05) is 12.1 Å². The molecule has 6 heteroatoms. The number of aromatic nitrogens is 2. The normalized spacial score (nSPS) is 13.8. The molecule has 1 aliphatic rings. The number of ether oxygens (including phenoxy) is 1. The zero-order chi connectivity index (χ0) is 13.9. The minimum absolute atomic E-state index is 0.114. The Morgan fingerprint density at radius 3 is 3.10 bits per heavy atom. The van der Waals surface area contributed by atoms with Gasteiger partial charge >= 0.3 is 0 Å². The van der Waals surface area contributed by atoms with E-state index >= 15 is 0 Å². The van der Waals surface area contributed by atoms with Crippen molar-refractivity contribution in [3.05, 3.63) is 42.5 Å². The highest BCUT2D eigenvalue weighted by molar-refractivity contribution is 6.05. The van der Waals surface area contributed by atoms with Crippen LogP contribution in [0.25, 0.3) is 0 Å². The lowest BCUT2D eigenvalue weighted by Gasteiger charge is -2.28. The van der Waals surface area contributed by atoms with Gasteiger partial charge in [-0.3, -0.25) is 4.79 Å². The minimum atomic E-state index is -0.114. The first kappa shape index (κ1) is 12.7. The van der Waals surface area contributed by atoms with Crippen LogP contribution in [-0.2, 0) is 6.54 Å². The summed E-state index contributed by atoms with van der Waals surface area (Å²) in [4.78, 5) is 18.4. The van der Waals surface area contributed by atoms with Crippen LogP contribution in [0.1, 0.15) is 10.5 Å². The van der Waals surface area contributed by atoms with Crippen molar-refractivity contribution in [2.75, 3.05) is 24.6 Å². The number of nitrogens with two attached hydrogens (primary N) is 1. The maximum atomic E-state index is 12.5. The Morgan fingerprint density at radius 1 is 1.40 bits per heavy atom. The Balaban J connectivity index is 1.87. The van der Waals surface area contributed by atoms with Gasteiger partial charge in [0.2, 0.25) is 0 Å². The van der Waals surface area contributed by atoms with Crippen molar-refractivity contribution in [1.29, 1.82) is 0 Å². The van der Waals surface area contributed by atoms with Crippen LogP contribution in [0.5, 0.6) is 5.75 Å². The second-order valence-corrected chi connectivity index (χ2v) is 4.56. The summed E-state index contributed by atoms with van der Waals surface area (Å²) in [5.74, 6) is 0.616. The van der Waals surface area contributed by atoms with E-state index in [1.807, 2.05) is 28.8 Å². The van der Waals surface area contributed by atoms with Crippen molar-refractivity contribution >= 4 is 11.6 Å². The quantitative estimate of drug-likeness (QED) is 0.900. The third kappa shape index (κ3) is 2.25. The van der Waals surface area contributed by atoms with Gasteiger partial charge in [-0.25, -0.2) is 4.98 Å². The summed E-state index contributed by atoms with van der Waals surface area (Å²) in [5.41, 5.74) is 6.71. The lowest BCUT2D eigenvalue weighted by atomic mass is 10.2. The monoisotopic (exact) mass is 272 g/mol. The van der Waals surface area contributed by atoms with E-state index in [-0.39, 0.29) is 5.91 Å². The van der Waals surface area contributed by atoms with Gasteiger partial charge in [-0.05, 0) is 12.1 Å². The van der Waals surface area contributed by atoms with Gasteiger partial charge in [-0.15, -0.1) is 0 Å². The van der Waals surface area contributed by atoms with Crippen LogP contribution in [-0.4, -0.2) is 35.2 Å². The van der Waals surface area contributed by atoms with Gasteiger partial charge in [0.1, 0.15) is 18.1 Å². The Kier molecular flexibility index (Phi) is 3.39. The molecular formula is C14H16N4O2. The molecule has 2 aromatic rings. The predicted molar refractivity (Wildman–Crippen MR) is 74.9 cm³/mol. The highest BCUT2D eigenvalue weighted by Crippen LogP contribution is 2.31. The highest BCUT2D eigenvalue weighted by Gasteiger charge is 2.25. The number of fused-ring (bicyclic) bond motifs is 1. The molecule has 1 aromatic carbocycles. The number of hydrogen-bond donors (Lipinski definition) is 1. The predicted octanol–water partition coefficient (Wildman–Crippen LogP) is 0.881. The van der Waals surface area contributed by atoms with Gasteiger partial charge < -0.3 is 19.9 Å². The fourth-order valence-corrected chi connectivity index (χ4v) is 2.26. The molecule has 2 heterocycles. The van der Waals surface area contributed by atoms with Gasteiger partial charge in [0.15, 0.2) is 0 Å². The maximum absolute atomic E-state index is 12.5. The van der Waals surface area contributed by atoms with E-state index in [4.69, 9.17) is 10.5 Å². The molecule has 3 rings (SSSR count). The third-order valence-electron chi connectivity index (χ3n) is 3.21. The number of carbonyl (C=O) groups excluding carboxylic acids is 1. The molecule has 0 aliphatic carbocycles. The van der Waals surface area contributed by atoms with Crippen LogP contribution in [0.15, 0.2) is 36.8 Å². The number of hydrogen-bond acceptors (Lipinski definition) is 4. The van der Waals surface area contributed by atoms with Crippen LogP contribution in [0.2, 0.25) is 0 Å². The summed E-state index contributed by atoms with van der Waals surface area (Å²) in [5, 5.41) is 0. The zero-order valence-corrected chi connectivity index (χ0v) is 11.0. The lowest BCUT2D eigenvalue weighted by Crippen LogP contribution is -2.38. The van der Waals surface area contributed by atoms with Gasteiger partial charge in [-0.2, -0.15) is 0 Å². The van der Waals surface area contributed by atoms with Crippen molar-refractivity contribution < 1.29 is 9.53 Å². The van der Waals surface area contributed by atoms with Crippen molar-refractivity contribution in [3.8, 4) is 5.75 Å². The number of amides is 1. The standard InChI is InChI=1S/C14H16N4O2/c15-5-6-17-9-11(16-10-17)14(19)18-7-8-20-13-4-2-1-3-12(13)18/h1-4,9-10H,5-8,15H2. The first-order valence-electron chi connectivity index (χ1n) is 6.55. The number of carbonyl (C=O) groups is 1. The van der Waals surface area contributed by atoms with Gasteiger partial charge in [0.25, 0.3) is 5.91 Å². The van der Waals surface area contributed by atoms with E-state index in [0.29, 0.717) is 31.9 Å². The zero-order valence-electron chi connectivity index (χ0n) is 11.0. The summed E-state index contributed by atoms with van der Waals surface area (Å²) >= 11 is 0. The molecule has 104 valence electrons. The summed E-state index contributed by atoms with van der Waals surface area (Å²) < 4.78 is 7.37. The van der Waals surface area contributed by atoms with E-state index in [1.165, 1.54) is 0 Å². The molecule has 0 spiro atoms. The number of rotatable bonds is 3. The Bertz CT molecular complexity index is 623. The third-order valence-corrected chi connectivity index (χ3v) is 3.21. The largest absolute Gasteiger partial charge is 0.490 e. The average Bonchev–Trinajstić information content (AvgIpc) is 2.95. The molecule has 0 bridgehead atoms. The topological polar surface area (TPSA) is 73.4 Å². The molecule has 0 unspecified atom stereocenters. The molecule has 0 saturated heterocycles.